The smallest absolute Gasteiger partial charge is 0.411 e. The highest BCUT2D eigenvalue weighted by Gasteiger charge is 2.51. The van der Waals surface area contributed by atoms with Crippen LogP contribution in [0.15, 0.2) is 30.3 Å². The number of anilines is 1. The number of hydrogen-bond donors (Lipinski definition) is 3. The number of aliphatic hydroxyl groups excluding tert-OH is 1. The number of aliphatic hydroxyl groups is 1. The summed E-state index contributed by atoms with van der Waals surface area (Å²) in [6, 6.07) is 9.18. The third kappa shape index (κ3) is 3.91. The molecule has 4 rings (SSSR count). The number of amides is 2. The lowest BCUT2D eigenvalue weighted by Crippen LogP contribution is -2.51. The van der Waals surface area contributed by atoms with Gasteiger partial charge in [0.1, 0.15) is 0 Å². The Bertz CT molecular complexity index is 1040. The fourth-order valence-electron chi connectivity index (χ4n) is 4.81. The van der Waals surface area contributed by atoms with Crippen LogP contribution in [0.1, 0.15) is 56.0 Å². The van der Waals surface area contributed by atoms with E-state index in [4.69, 9.17) is 4.74 Å². The first-order valence-electron chi connectivity index (χ1n) is 11.2. The van der Waals surface area contributed by atoms with Gasteiger partial charge in [0.25, 0.3) is 0 Å². The molecule has 9 heteroatoms. The van der Waals surface area contributed by atoms with Crippen molar-refractivity contribution < 1.29 is 19.4 Å². The van der Waals surface area contributed by atoms with Gasteiger partial charge in [-0.15, -0.1) is 0 Å². The van der Waals surface area contributed by atoms with Crippen LogP contribution >= 0.6 is 10.0 Å². The Morgan fingerprint density at radius 1 is 1.24 bits per heavy atom. The number of ether oxygens (including phenoxy) is 1. The van der Waals surface area contributed by atoms with Gasteiger partial charge in [-0.2, -0.15) is 5.10 Å². The number of carbonyl (C=O) groups is 2. The minimum Gasteiger partial charge on any atom is -0.439 e. The third-order valence-corrected chi connectivity index (χ3v) is 10.2. The second-order valence-corrected chi connectivity index (χ2v) is 14.6. The number of nitrogens with zero attached hydrogens (tertiary/aromatic N) is 2. The number of benzene rings is 1. The zero-order chi connectivity index (χ0) is 24.0. The lowest BCUT2D eigenvalue weighted by Gasteiger charge is -2.53. The highest BCUT2D eigenvalue weighted by molar-refractivity contribution is 8.33. The summed E-state index contributed by atoms with van der Waals surface area (Å²) in [6.07, 6.45) is 8.14. The molecule has 1 aromatic carbocycles. The molecule has 33 heavy (non-hydrogen) atoms. The molecule has 0 spiro atoms. The maximum absolute atomic E-state index is 13.3. The Hall–Kier alpha value is -2.52. The van der Waals surface area contributed by atoms with Crippen LogP contribution in [-0.4, -0.2) is 62.3 Å². The number of H-pyrrole nitrogens is 1. The Morgan fingerprint density at radius 3 is 2.45 bits per heavy atom. The largest absolute Gasteiger partial charge is 0.439 e. The number of aromatic nitrogens is 2. The number of rotatable bonds is 6. The van der Waals surface area contributed by atoms with E-state index in [1.54, 1.807) is 4.90 Å². The normalized spacial score (nSPS) is 19.9. The third-order valence-electron chi connectivity index (χ3n) is 7.25. The fraction of sp³-hybridized carbons (Fsp3) is 0.542. The molecule has 1 aliphatic heterocycles. The number of hydrogen-bond acceptors (Lipinski definition) is 5. The van der Waals surface area contributed by atoms with E-state index in [0.29, 0.717) is 5.82 Å². The molecular weight excluding hydrogens is 440 g/mol. The average molecular weight is 475 g/mol. The summed E-state index contributed by atoms with van der Waals surface area (Å²) in [5, 5.41) is 20.3. The molecular formula is C24H34N4O4S. The highest BCUT2D eigenvalue weighted by atomic mass is 32.3. The summed E-state index contributed by atoms with van der Waals surface area (Å²) in [5.74, 6) is 0.504. The molecule has 1 fully saturated rings. The molecule has 2 aliphatic rings. The molecule has 1 aromatic heterocycles. The van der Waals surface area contributed by atoms with Crippen LogP contribution in [0.2, 0.25) is 0 Å². The summed E-state index contributed by atoms with van der Waals surface area (Å²) in [4.78, 5) is 28.0. The van der Waals surface area contributed by atoms with Crippen LogP contribution < -0.4 is 5.32 Å². The summed E-state index contributed by atoms with van der Waals surface area (Å²) in [6.45, 7) is 3.77. The molecule has 8 nitrogen and oxygen atoms in total. The van der Waals surface area contributed by atoms with Crippen LogP contribution in [0, 0.1) is 0 Å². The molecule has 2 amide bonds. The van der Waals surface area contributed by atoms with Crippen molar-refractivity contribution in [1.29, 1.82) is 0 Å². The SMILES string of the molecule is CC1(C)c2[nH]nc(NC(=O)C3(S(C)(C)C)CCC3)c2CN1C(=O)O[C@H](CO)c1ccccc1. The zero-order valence-corrected chi connectivity index (χ0v) is 20.8. The Morgan fingerprint density at radius 2 is 1.91 bits per heavy atom. The van der Waals surface area contributed by atoms with Crippen molar-refractivity contribution in [3.63, 3.8) is 0 Å². The average Bonchev–Trinajstić information content (AvgIpc) is 3.23. The lowest BCUT2D eigenvalue weighted by molar-refractivity contribution is -0.120. The molecule has 180 valence electrons. The molecule has 1 saturated carbocycles. The van der Waals surface area contributed by atoms with Crippen LogP contribution in [0.4, 0.5) is 10.6 Å². The molecule has 0 radical (unpaired) electrons. The maximum Gasteiger partial charge on any atom is 0.411 e. The molecule has 1 aliphatic carbocycles. The lowest BCUT2D eigenvalue weighted by atomic mass is 9.83. The second kappa shape index (κ2) is 8.36. The molecule has 2 aromatic rings. The van der Waals surface area contributed by atoms with Gasteiger partial charge in [0.05, 0.1) is 29.1 Å². The monoisotopic (exact) mass is 474 g/mol. The van der Waals surface area contributed by atoms with E-state index in [2.05, 4.69) is 34.3 Å². The predicted molar refractivity (Wildman–Crippen MR) is 130 cm³/mol. The van der Waals surface area contributed by atoms with E-state index < -0.39 is 27.8 Å². The first kappa shape index (κ1) is 23.6. The molecule has 0 saturated heterocycles. The standard InChI is InChI=1S/C24H34N4O4S/c1-23(2)19-17(14-28(23)22(31)32-18(15-29)16-10-7-6-8-11-16)20(27-26-19)25-21(30)24(12-9-13-24)33(3,4)5/h6-8,10-11,18,29H,9,12-15H2,1-5H3,(H2,25,26,27,30)/t18-/m1/s1. The second-order valence-electron chi connectivity index (χ2n) is 10.2. The minimum atomic E-state index is -1.09. The number of carbonyl (C=O) groups excluding carboxylic acids is 2. The van der Waals surface area contributed by atoms with E-state index in [9.17, 15) is 14.7 Å². The Labute approximate surface area is 196 Å². The van der Waals surface area contributed by atoms with Crippen molar-refractivity contribution in [3.8, 4) is 0 Å². The van der Waals surface area contributed by atoms with Gasteiger partial charge in [-0.1, -0.05) is 30.3 Å². The Balaban J connectivity index is 1.52. The van der Waals surface area contributed by atoms with Crippen molar-refractivity contribution >= 4 is 27.8 Å². The van der Waals surface area contributed by atoms with Gasteiger partial charge in [-0.05, 0) is 57.4 Å². The fourth-order valence-corrected chi connectivity index (χ4v) is 6.93. The topological polar surface area (TPSA) is 108 Å². The van der Waals surface area contributed by atoms with E-state index >= 15 is 0 Å². The number of aromatic amines is 1. The van der Waals surface area contributed by atoms with E-state index in [-0.39, 0.29) is 23.8 Å². The molecule has 2 heterocycles. The minimum absolute atomic E-state index is 0.0220. The van der Waals surface area contributed by atoms with E-state index in [1.165, 1.54) is 0 Å². The van der Waals surface area contributed by atoms with Crippen LogP contribution in [0.3, 0.4) is 0 Å². The van der Waals surface area contributed by atoms with Crippen molar-refractivity contribution in [2.24, 2.45) is 0 Å². The van der Waals surface area contributed by atoms with Gasteiger partial charge in [0.2, 0.25) is 5.91 Å². The van der Waals surface area contributed by atoms with Crippen LogP contribution in [-0.2, 0) is 21.6 Å². The number of nitrogens with one attached hydrogen (secondary N) is 2. The van der Waals surface area contributed by atoms with Gasteiger partial charge in [-0.3, -0.25) is 14.8 Å². The summed E-state index contributed by atoms with van der Waals surface area (Å²) >= 11 is 0. The van der Waals surface area contributed by atoms with Crippen molar-refractivity contribution in [2.45, 2.75) is 56.0 Å². The number of fused-ring (bicyclic) bond motifs is 1. The van der Waals surface area contributed by atoms with Crippen LogP contribution in [0.5, 0.6) is 0 Å². The summed E-state index contributed by atoms with van der Waals surface area (Å²) in [7, 11) is -1.09. The summed E-state index contributed by atoms with van der Waals surface area (Å²) < 4.78 is 5.35. The van der Waals surface area contributed by atoms with Crippen molar-refractivity contribution in [1.82, 2.24) is 15.1 Å². The molecule has 1 atom stereocenters. The first-order valence-corrected chi connectivity index (χ1v) is 14.1. The molecule has 3 N–H and O–H groups in total. The first-order chi connectivity index (χ1) is 15.5. The van der Waals surface area contributed by atoms with Gasteiger partial charge in [-0.25, -0.2) is 14.8 Å². The Kier molecular flexibility index (Phi) is 5.99. The van der Waals surface area contributed by atoms with Gasteiger partial charge >= 0.3 is 6.09 Å². The van der Waals surface area contributed by atoms with Gasteiger partial charge < -0.3 is 15.2 Å². The van der Waals surface area contributed by atoms with Crippen molar-refractivity contribution in [3.05, 3.63) is 47.2 Å². The molecule has 0 bridgehead atoms. The molecule has 0 unspecified atom stereocenters. The van der Waals surface area contributed by atoms with Gasteiger partial charge in [0, 0.05) is 5.56 Å². The van der Waals surface area contributed by atoms with E-state index in [1.807, 2.05) is 44.2 Å². The van der Waals surface area contributed by atoms with E-state index in [0.717, 1.165) is 36.1 Å². The zero-order valence-electron chi connectivity index (χ0n) is 20.0. The summed E-state index contributed by atoms with van der Waals surface area (Å²) in [5.41, 5.74) is 1.60. The highest BCUT2D eigenvalue weighted by Crippen LogP contribution is 2.60. The van der Waals surface area contributed by atoms with Crippen molar-refractivity contribution in [2.75, 3.05) is 30.7 Å². The predicted octanol–water partition coefficient (Wildman–Crippen LogP) is 3.89. The van der Waals surface area contributed by atoms with Gasteiger partial charge in [0.15, 0.2) is 11.9 Å². The quantitative estimate of drug-likeness (QED) is 0.589. The maximum atomic E-state index is 13.3. The van der Waals surface area contributed by atoms with Crippen LogP contribution in [0.25, 0.3) is 0 Å².